The van der Waals surface area contributed by atoms with E-state index in [0.717, 1.165) is 18.5 Å². The maximum atomic E-state index is 12.1. The van der Waals surface area contributed by atoms with Gasteiger partial charge >= 0.3 is 0 Å². The van der Waals surface area contributed by atoms with Gasteiger partial charge in [-0.05, 0) is 25.8 Å². The van der Waals surface area contributed by atoms with Gasteiger partial charge in [-0.15, -0.1) is 0 Å². The summed E-state index contributed by atoms with van der Waals surface area (Å²) in [6.07, 6.45) is 2.28. The second kappa shape index (κ2) is 5.01. The molecule has 21 heavy (non-hydrogen) atoms. The van der Waals surface area contributed by atoms with E-state index in [1.807, 2.05) is 0 Å². The third kappa shape index (κ3) is 2.76. The van der Waals surface area contributed by atoms with E-state index in [4.69, 9.17) is 0 Å². The Kier molecular flexibility index (Phi) is 3.17. The highest BCUT2D eigenvalue weighted by Crippen LogP contribution is 2.39. The summed E-state index contributed by atoms with van der Waals surface area (Å²) in [7, 11) is 0. The fourth-order valence-electron chi connectivity index (χ4n) is 2.14. The first-order valence-corrected chi connectivity index (χ1v) is 6.66. The number of carbonyl (C=O) groups is 1. The Bertz CT molecular complexity index is 719. The first-order valence-electron chi connectivity index (χ1n) is 6.66. The normalized spacial score (nSPS) is 14.0. The van der Waals surface area contributed by atoms with Crippen molar-refractivity contribution in [3.8, 4) is 0 Å². The van der Waals surface area contributed by atoms with Gasteiger partial charge in [0.1, 0.15) is 0 Å². The molecule has 3 rings (SSSR count). The third-order valence-electron chi connectivity index (χ3n) is 3.52. The fourth-order valence-corrected chi connectivity index (χ4v) is 2.14. The number of carbonyl (C=O) groups excluding carboxylic acids is 1. The number of rotatable bonds is 4. The van der Waals surface area contributed by atoms with Crippen LogP contribution in [-0.4, -0.2) is 21.0 Å². The van der Waals surface area contributed by atoms with Crippen LogP contribution < -0.4 is 5.32 Å². The number of nitro groups is 1. The Labute approximate surface area is 120 Å². The smallest absolute Gasteiger partial charge is 0.273 e. The van der Waals surface area contributed by atoms with E-state index in [1.165, 1.54) is 6.07 Å². The molecule has 0 aliphatic heterocycles. The summed E-state index contributed by atoms with van der Waals surface area (Å²) in [6.45, 7) is 1.63. The van der Waals surface area contributed by atoms with Crippen molar-refractivity contribution in [3.05, 3.63) is 51.2 Å². The summed E-state index contributed by atoms with van der Waals surface area (Å²) in [5, 5.41) is 20.5. The molecule has 108 valence electrons. The Morgan fingerprint density at radius 2 is 2.19 bits per heavy atom. The molecule has 1 aliphatic rings. The van der Waals surface area contributed by atoms with Gasteiger partial charge in [0.15, 0.2) is 5.82 Å². The molecule has 2 N–H and O–H groups in total. The number of nitrogens with zero attached hydrogens (tertiary/aromatic N) is 2. The molecule has 1 saturated carbocycles. The summed E-state index contributed by atoms with van der Waals surface area (Å²) < 4.78 is 0. The summed E-state index contributed by atoms with van der Waals surface area (Å²) in [4.78, 5) is 22.5. The molecular weight excluding hydrogens is 272 g/mol. The highest BCUT2D eigenvalue weighted by atomic mass is 16.6. The number of nitrogens with one attached hydrogen (secondary N) is 2. The lowest BCUT2D eigenvalue weighted by molar-refractivity contribution is -0.385. The highest BCUT2D eigenvalue weighted by molar-refractivity contribution is 6.04. The number of aryl methyl sites for hydroxylation is 1. The molecule has 0 bridgehead atoms. The number of hydrogen-bond acceptors (Lipinski definition) is 4. The van der Waals surface area contributed by atoms with Crippen molar-refractivity contribution >= 4 is 17.4 Å². The molecule has 1 aliphatic carbocycles. The van der Waals surface area contributed by atoms with Crippen LogP contribution in [0.5, 0.6) is 0 Å². The van der Waals surface area contributed by atoms with E-state index < -0.39 is 10.8 Å². The minimum Gasteiger partial charge on any atom is -0.305 e. The van der Waals surface area contributed by atoms with E-state index >= 15 is 0 Å². The minimum atomic E-state index is -0.494. The van der Waals surface area contributed by atoms with Crippen molar-refractivity contribution in [1.29, 1.82) is 0 Å². The summed E-state index contributed by atoms with van der Waals surface area (Å²) in [6, 6.07) is 6.20. The maximum Gasteiger partial charge on any atom is 0.273 e. The number of hydrogen-bond donors (Lipinski definition) is 2. The van der Waals surface area contributed by atoms with Crippen molar-refractivity contribution in [2.45, 2.75) is 25.7 Å². The Morgan fingerprint density at radius 1 is 1.43 bits per heavy atom. The number of H-pyrrole nitrogens is 1. The van der Waals surface area contributed by atoms with Crippen LogP contribution in [0.15, 0.2) is 24.3 Å². The van der Waals surface area contributed by atoms with Gasteiger partial charge in [-0.1, -0.05) is 6.07 Å². The van der Waals surface area contributed by atoms with Crippen molar-refractivity contribution < 1.29 is 9.72 Å². The number of nitro benzene ring substituents is 1. The van der Waals surface area contributed by atoms with E-state index in [0.29, 0.717) is 17.3 Å². The number of aromatic nitrogens is 2. The molecule has 0 saturated heterocycles. The van der Waals surface area contributed by atoms with Gasteiger partial charge in [0.05, 0.1) is 4.92 Å². The molecule has 1 aromatic carbocycles. The van der Waals surface area contributed by atoms with Crippen LogP contribution in [0.3, 0.4) is 0 Å². The van der Waals surface area contributed by atoms with Crippen molar-refractivity contribution in [3.63, 3.8) is 0 Å². The van der Waals surface area contributed by atoms with E-state index in [1.54, 1.807) is 25.1 Å². The van der Waals surface area contributed by atoms with Crippen molar-refractivity contribution in [2.75, 3.05) is 5.32 Å². The lowest BCUT2D eigenvalue weighted by atomic mass is 10.1. The van der Waals surface area contributed by atoms with Crippen molar-refractivity contribution in [1.82, 2.24) is 10.2 Å². The zero-order chi connectivity index (χ0) is 15.0. The predicted molar refractivity (Wildman–Crippen MR) is 76.3 cm³/mol. The second-order valence-corrected chi connectivity index (χ2v) is 5.20. The monoisotopic (exact) mass is 286 g/mol. The lowest BCUT2D eigenvalue weighted by Crippen LogP contribution is -2.12. The van der Waals surface area contributed by atoms with Gasteiger partial charge in [-0.2, -0.15) is 5.10 Å². The lowest BCUT2D eigenvalue weighted by Gasteiger charge is -2.03. The van der Waals surface area contributed by atoms with Crippen LogP contribution in [0.25, 0.3) is 0 Å². The number of benzene rings is 1. The van der Waals surface area contributed by atoms with Gasteiger partial charge in [0.25, 0.3) is 11.6 Å². The standard InChI is InChI=1S/C14H14N4O3/c1-8-2-3-10(6-12(8)18(20)21)14(19)15-13-7-11(16-17-13)9-4-5-9/h2-3,6-7,9H,4-5H2,1H3,(H2,15,16,17,19). The average Bonchev–Trinajstić information content (AvgIpc) is 3.19. The van der Waals surface area contributed by atoms with Gasteiger partial charge in [0.2, 0.25) is 0 Å². The highest BCUT2D eigenvalue weighted by Gasteiger charge is 2.25. The Balaban J connectivity index is 1.77. The summed E-state index contributed by atoms with van der Waals surface area (Å²) in [5.41, 5.74) is 1.71. The predicted octanol–water partition coefficient (Wildman–Crippen LogP) is 2.76. The van der Waals surface area contributed by atoms with E-state index in [2.05, 4.69) is 15.5 Å². The largest absolute Gasteiger partial charge is 0.305 e. The molecule has 1 fully saturated rings. The molecule has 0 unspecified atom stereocenters. The maximum absolute atomic E-state index is 12.1. The Hall–Kier alpha value is -2.70. The SMILES string of the molecule is Cc1ccc(C(=O)Nc2cc(C3CC3)[nH]n2)cc1[N+](=O)[O-]. The molecule has 1 amide bonds. The molecule has 1 aromatic heterocycles. The van der Waals surface area contributed by atoms with Gasteiger partial charge in [-0.25, -0.2) is 0 Å². The molecular formula is C14H14N4O3. The zero-order valence-electron chi connectivity index (χ0n) is 11.4. The van der Waals surface area contributed by atoms with Gasteiger partial charge in [-0.3, -0.25) is 20.0 Å². The second-order valence-electron chi connectivity index (χ2n) is 5.20. The zero-order valence-corrected chi connectivity index (χ0v) is 11.4. The van der Waals surface area contributed by atoms with Crippen LogP contribution in [0.1, 0.15) is 40.4 Å². The number of amides is 1. The quantitative estimate of drug-likeness (QED) is 0.666. The molecule has 1 heterocycles. The molecule has 7 heteroatoms. The number of anilines is 1. The fraction of sp³-hybridized carbons (Fsp3) is 0.286. The van der Waals surface area contributed by atoms with Crippen LogP contribution in [0.4, 0.5) is 11.5 Å². The van der Waals surface area contributed by atoms with Crippen LogP contribution in [0.2, 0.25) is 0 Å². The summed E-state index contributed by atoms with van der Waals surface area (Å²) in [5.74, 6) is 0.542. The minimum absolute atomic E-state index is 0.0663. The first kappa shape index (κ1) is 13.3. The number of aromatic amines is 1. The molecule has 2 aromatic rings. The van der Waals surface area contributed by atoms with Gasteiger partial charge < -0.3 is 5.32 Å². The molecule has 7 nitrogen and oxygen atoms in total. The molecule has 0 radical (unpaired) electrons. The molecule has 0 spiro atoms. The van der Waals surface area contributed by atoms with Crippen LogP contribution in [0, 0.1) is 17.0 Å². The van der Waals surface area contributed by atoms with Crippen LogP contribution >= 0.6 is 0 Å². The van der Waals surface area contributed by atoms with Crippen molar-refractivity contribution in [2.24, 2.45) is 0 Å². The van der Waals surface area contributed by atoms with Crippen LogP contribution in [-0.2, 0) is 0 Å². The first-order chi connectivity index (χ1) is 10.0. The summed E-state index contributed by atoms with van der Waals surface area (Å²) >= 11 is 0. The topological polar surface area (TPSA) is 101 Å². The van der Waals surface area contributed by atoms with Gasteiger partial charge in [0, 0.05) is 34.9 Å². The Morgan fingerprint density at radius 3 is 2.86 bits per heavy atom. The average molecular weight is 286 g/mol. The third-order valence-corrected chi connectivity index (χ3v) is 3.52. The molecule has 0 atom stereocenters. The van der Waals surface area contributed by atoms with E-state index in [9.17, 15) is 14.9 Å². The van der Waals surface area contributed by atoms with E-state index in [-0.39, 0.29) is 11.3 Å².